The number of nitrogens with zero attached hydrogens (tertiary/aromatic N) is 3. The lowest BCUT2D eigenvalue weighted by Crippen LogP contribution is -2.05. The minimum Gasteiger partial charge on any atom is -0.331 e. The van der Waals surface area contributed by atoms with Gasteiger partial charge in [-0.1, -0.05) is 0 Å². The summed E-state index contributed by atoms with van der Waals surface area (Å²) in [4.78, 5) is 4.13. The summed E-state index contributed by atoms with van der Waals surface area (Å²) in [5, 5.41) is 7.05. The minimum atomic E-state index is -4.40. The number of H-pyrrole nitrogens is 1. The van der Waals surface area contributed by atoms with Crippen molar-refractivity contribution in [3.63, 3.8) is 0 Å². The Morgan fingerprint density at radius 3 is 2.55 bits per heavy atom. The Kier molecular flexibility index (Phi) is 2.60. The van der Waals surface area contributed by atoms with Gasteiger partial charge in [0.25, 0.3) is 0 Å². The lowest BCUT2D eigenvalue weighted by Gasteiger charge is -2.11. The highest BCUT2D eigenvalue weighted by Crippen LogP contribution is 2.36. The first-order valence-electron chi connectivity index (χ1n) is 5.91. The molecule has 0 aliphatic carbocycles. The Hall–Kier alpha value is -2.31. The van der Waals surface area contributed by atoms with Crippen LogP contribution in [0.15, 0.2) is 24.5 Å². The van der Waals surface area contributed by atoms with E-state index in [0.29, 0.717) is 22.2 Å². The first-order valence-corrected chi connectivity index (χ1v) is 5.91. The van der Waals surface area contributed by atoms with Gasteiger partial charge in [0, 0.05) is 18.0 Å². The highest BCUT2D eigenvalue weighted by Gasteiger charge is 2.32. The smallest absolute Gasteiger partial charge is 0.331 e. The second-order valence-corrected chi connectivity index (χ2v) is 4.60. The largest absolute Gasteiger partial charge is 0.416 e. The van der Waals surface area contributed by atoms with Gasteiger partial charge in [0.1, 0.15) is 5.82 Å². The summed E-state index contributed by atoms with van der Waals surface area (Å²) < 4.78 is 40.7. The molecule has 0 aliphatic heterocycles. The molecule has 3 aromatic rings. The Balaban J connectivity index is 2.34. The lowest BCUT2D eigenvalue weighted by molar-refractivity contribution is -0.137. The number of benzene rings is 1. The van der Waals surface area contributed by atoms with Crippen molar-refractivity contribution in [3.8, 4) is 11.3 Å². The topological polar surface area (TPSA) is 46.5 Å². The SMILES string of the molecule is Cc1ncc(-c2cc(C(F)(F)F)cc3[nH]ncc23)n1C. The van der Waals surface area contributed by atoms with Crippen LogP contribution in [0, 0.1) is 6.92 Å². The van der Waals surface area contributed by atoms with E-state index in [9.17, 15) is 13.2 Å². The van der Waals surface area contributed by atoms with Crippen LogP contribution in [-0.2, 0) is 13.2 Å². The quantitative estimate of drug-likeness (QED) is 0.743. The van der Waals surface area contributed by atoms with Gasteiger partial charge in [-0.3, -0.25) is 5.10 Å². The van der Waals surface area contributed by atoms with Crippen LogP contribution in [-0.4, -0.2) is 19.7 Å². The van der Waals surface area contributed by atoms with Gasteiger partial charge < -0.3 is 4.57 Å². The molecule has 0 bridgehead atoms. The van der Waals surface area contributed by atoms with Crippen molar-refractivity contribution in [3.05, 3.63) is 35.9 Å². The van der Waals surface area contributed by atoms with Crippen molar-refractivity contribution in [1.82, 2.24) is 19.7 Å². The van der Waals surface area contributed by atoms with Crippen molar-refractivity contribution in [1.29, 1.82) is 0 Å². The Morgan fingerprint density at radius 1 is 1.20 bits per heavy atom. The molecule has 0 aliphatic rings. The molecule has 7 heteroatoms. The molecule has 1 N–H and O–H groups in total. The number of aromatic nitrogens is 4. The van der Waals surface area contributed by atoms with E-state index in [1.54, 1.807) is 24.7 Å². The van der Waals surface area contributed by atoms with Crippen LogP contribution in [0.4, 0.5) is 13.2 Å². The molecule has 0 spiro atoms. The average molecular weight is 280 g/mol. The molecule has 20 heavy (non-hydrogen) atoms. The lowest BCUT2D eigenvalue weighted by atomic mass is 10.0. The zero-order valence-electron chi connectivity index (χ0n) is 10.8. The third kappa shape index (κ3) is 1.86. The molecule has 1 aromatic carbocycles. The first-order chi connectivity index (χ1) is 9.38. The Morgan fingerprint density at radius 2 is 1.95 bits per heavy atom. The van der Waals surface area contributed by atoms with Crippen molar-refractivity contribution in [2.75, 3.05) is 0 Å². The van der Waals surface area contributed by atoms with E-state index in [-0.39, 0.29) is 0 Å². The maximum absolute atomic E-state index is 13.0. The van der Waals surface area contributed by atoms with Crippen molar-refractivity contribution in [2.24, 2.45) is 7.05 Å². The number of hydrogen-bond acceptors (Lipinski definition) is 2. The second kappa shape index (κ2) is 4.09. The Bertz CT molecular complexity index is 783. The monoisotopic (exact) mass is 280 g/mol. The summed E-state index contributed by atoms with van der Waals surface area (Å²) >= 11 is 0. The standard InChI is InChI=1S/C13H11F3N4/c1-7-17-6-12(20(7)2)9-3-8(13(14,15)16)4-11-10(9)5-18-19-11/h3-6H,1-2H3,(H,18,19). The van der Waals surface area contributed by atoms with Crippen LogP contribution in [0.5, 0.6) is 0 Å². The van der Waals surface area contributed by atoms with E-state index < -0.39 is 11.7 Å². The number of fused-ring (bicyclic) bond motifs is 1. The van der Waals surface area contributed by atoms with Crippen LogP contribution in [0.3, 0.4) is 0 Å². The van der Waals surface area contributed by atoms with Crippen LogP contribution in [0.1, 0.15) is 11.4 Å². The van der Waals surface area contributed by atoms with Crippen molar-refractivity contribution < 1.29 is 13.2 Å². The van der Waals surface area contributed by atoms with E-state index in [4.69, 9.17) is 0 Å². The number of rotatable bonds is 1. The van der Waals surface area contributed by atoms with E-state index in [1.807, 2.05) is 0 Å². The van der Waals surface area contributed by atoms with Gasteiger partial charge in [-0.05, 0) is 19.1 Å². The van der Waals surface area contributed by atoms with Gasteiger partial charge in [-0.2, -0.15) is 18.3 Å². The number of halogens is 3. The Labute approximate surface area is 112 Å². The van der Waals surface area contributed by atoms with Gasteiger partial charge in [-0.25, -0.2) is 4.98 Å². The number of alkyl halides is 3. The highest BCUT2D eigenvalue weighted by atomic mass is 19.4. The fraction of sp³-hybridized carbons (Fsp3) is 0.231. The van der Waals surface area contributed by atoms with Gasteiger partial charge in [0.05, 0.1) is 29.2 Å². The van der Waals surface area contributed by atoms with E-state index in [1.165, 1.54) is 6.20 Å². The minimum absolute atomic E-state index is 0.355. The fourth-order valence-corrected chi connectivity index (χ4v) is 2.18. The molecule has 2 aromatic heterocycles. The third-order valence-electron chi connectivity index (χ3n) is 3.38. The van der Waals surface area contributed by atoms with Crippen LogP contribution < -0.4 is 0 Å². The normalized spacial score (nSPS) is 12.2. The van der Waals surface area contributed by atoms with E-state index >= 15 is 0 Å². The van der Waals surface area contributed by atoms with Crippen molar-refractivity contribution in [2.45, 2.75) is 13.1 Å². The van der Waals surface area contributed by atoms with Crippen LogP contribution >= 0.6 is 0 Å². The zero-order valence-corrected chi connectivity index (χ0v) is 10.8. The molecule has 0 atom stereocenters. The summed E-state index contributed by atoms with van der Waals surface area (Å²) in [7, 11) is 1.77. The molecule has 0 unspecified atom stereocenters. The van der Waals surface area contributed by atoms with E-state index in [0.717, 1.165) is 18.0 Å². The maximum Gasteiger partial charge on any atom is 0.416 e. The molecule has 104 valence electrons. The average Bonchev–Trinajstić information content (AvgIpc) is 2.96. The molecule has 3 rings (SSSR count). The first kappa shape index (κ1) is 12.7. The van der Waals surface area contributed by atoms with Gasteiger partial charge in [0.2, 0.25) is 0 Å². The van der Waals surface area contributed by atoms with Gasteiger partial charge >= 0.3 is 6.18 Å². The zero-order chi connectivity index (χ0) is 14.5. The third-order valence-corrected chi connectivity index (χ3v) is 3.38. The number of nitrogens with one attached hydrogen (secondary N) is 1. The van der Waals surface area contributed by atoms with Gasteiger partial charge in [-0.15, -0.1) is 0 Å². The molecular weight excluding hydrogens is 269 g/mol. The summed E-state index contributed by atoms with van der Waals surface area (Å²) in [6, 6.07) is 2.20. The molecular formula is C13H11F3N4. The summed E-state index contributed by atoms with van der Waals surface area (Å²) in [6.45, 7) is 1.80. The number of hydrogen-bond donors (Lipinski definition) is 1. The van der Waals surface area contributed by atoms with E-state index in [2.05, 4.69) is 15.2 Å². The number of aryl methyl sites for hydroxylation is 1. The summed E-state index contributed by atoms with van der Waals surface area (Å²) in [6.07, 6.45) is -1.31. The van der Waals surface area contributed by atoms with Gasteiger partial charge in [0.15, 0.2) is 0 Å². The molecule has 4 nitrogen and oxygen atoms in total. The number of imidazole rings is 1. The predicted octanol–water partition coefficient (Wildman–Crippen LogP) is 3.29. The second-order valence-electron chi connectivity index (χ2n) is 4.60. The molecule has 2 heterocycles. The molecule has 0 amide bonds. The maximum atomic E-state index is 13.0. The molecule has 0 saturated heterocycles. The molecule has 0 saturated carbocycles. The summed E-state index contributed by atoms with van der Waals surface area (Å²) in [5.74, 6) is 0.731. The fourth-order valence-electron chi connectivity index (χ4n) is 2.18. The number of aromatic amines is 1. The van der Waals surface area contributed by atoms with Crippen LogP contribution in [0.25, 0.3) is 22.2 Å². The molecule has 0 fully saturated rings. The highest BCUT2D eigenvalue weighted by molar-refractivity contribution is 5.94. The van der Waals surface area contributed by atoms with Crippen LogP contribution in [0.2, 0.25) is 0 Å². The van der Waals surface area contributed by atoms with Crippen molar-refractivity contribution >= 4 is 10.9 Å². The predicted molar refractivity (Wildman–Crippen MR) is 68.0 cm³/mol. The molecule has 0 radical (unpaired) electrons. The summed E-state index contributed by atoms with van der Waals surface area (Å²) in [5.41, 5.74) is 0.739.